The Kier molecular flexibility index (Phi) is 21.8. The second kappa shape index (κ2) is 37.3. The summed E-state index contributed by atoms with van der Waals surface area (Å²) in [6, 6.07) is 178. The SMILES string of the molecule is c1ccc(-c2nnc(-c3ccc(-c4c5ccccc5c(-c5ccc(-c6nnc(-c7ccccc7)o6)cc5)c5c(N(c6ccccc6)c6ccc(-n7c8ccccc8c8ccccc87)cc6)cccc45)cc3)o2)cc1.c1ccc(-c2nnc(-c3ccc(-c4c5ccccc5c(-c5ccc(-c6nnc(-c7ccccc7)o6)cc5)c5cc(N(c6ccccc6)c6ccc(-n7c8ccccc8c8ccccc87)cc6)ccc45)cc3)o2)cc1. The van der Waals surface area contributed by atoms with Crippen molar-refractivity contribution in [2.45, 2.75) is 0 Å². The summed E-state index contributed by atoms with van der Waals surface area (Å²) in [6.45, 7) is 0. The van der Waals surface area contributed by atoms with Crippen LogP contribution in [-0.4, -0.2) is 49.9 Å². The molecule has 16 heteroatoms. The number of aromatic nitrogens is 10. The van der Waals surface area contributed by atoms with Crippen LogP contribution in [0.3, 0.4) is 0 Å². The second-order valence-electron chi connectivity index (χ2n) is 36.6. The summed E-state index contributed by atoms with van der Waals surface area (Å²) in [6.07, 6.45) is 0. The Morgan fingerprint density at radius 1 is 0.149 bits per heavy atom. The van der Waals surface area contributed by atoms with Gasteiger partial charge in [0, 0.05) is 111 Å². The fourth-order valence-corrected chi connectivity index (χ4v) is 21.1. The summed E-state index contributed by atoms with van der Waals surface area (Å²) in [7, 11) is 0. The minimum absolute atomic E-state index is 0.459. The molecule has 0 saturated carbocycles. The molecule has 0 unspecified atom stereocenters. The van der Waals surface area contributed by atoms with Crippen molar-refractivity contribution in [3.63, 3.8) is 0 Å². The Bertz CT molecular complexity index is 9560. The molecule has 22 aromatic carbocycles. The van der Waals surface area contributed by atoms with E-state index in [1.807, 2.05) is 121 Å². The molecule has 28 aromatic rings. The highest BCUT2D eigenvalue weighted by Crippen LogP contribution is 2.53. The van der Waals surface area contributed by atoms with Gasteiger partial charge in [-0.1, -0.05) is 297 Å². The zero-order valence-electron chi connectivity index (χ0n) is 79.5. The molecular weight excluding hydrogens is 1820 g/mol. The van der Waals surface area contributed by atoms with Crippen LogP contribution < -0.4 is 9.80 Å². The zero-order chi connectivity index (χ0) is 97.9. The van der Waals surface area contributed by atoms with Gasteiger partial charge in [0.15, 0.2) is 0 Å². The predicted octanol–water partition coefficient (Wildman–Crippen LogP) is 34.7. The van der Waals surface area contributed by atoms with Gasteiger partial charge < -0.3 is 36.6 Å². The summed E-state index contributed by atoms with van der Waals surface area (Å²) in [5, 5.41) is 49.2. The maximum Gasteiger partial charge on any atom is 0.248 e. The van der Waals surface area contributed by atoms with Crippen LogP contribution in [0.5, 0.6) is 0 Å². The summed E-state index contributed by atoms with van der Waals surface area (Å²) in [5.41, 5.74) is 28.6. The van der Waals surface area contributed by atoms with Crippen molar-refractivity contribution in [1.82, 2.24) is 49.9 Å². The highest BCUT2D eigenvalue weighted by atomic mass is 16.4. The second-order valence-corrected chi connectivity index (χ2v) is 36.6. The van der Waals surface area contributed by atoms with Gasteiger partial charge in [-0.3, -0.25) is 0 Å². The smallest absolute Gasteiger partial charge is 0.248 e. The highest BCUT2D eigenvalue weighted by molar-refractivity contribution is 6.26. The minimum atomic E-state index is 0.459. The quantitative estimate of drug-likeness (QED) is 0.0660. The third-order valence-corrected chi connectivity index (χ3v) is 27.9. The van der Waals surface area contributed by atoms with E-state index >= 15 is 0 Å². The molecule has 28 rings (SSSR count). The molecule has 6 aromatic heterocycles. The van der Waals surface area contributed by atoms with E-state index in [1.54, 1.807) is 0 Å². The molecule has 0 amide bonds. The van der Waals surface area contributed by atoms with Crippen molar-refractivity contribution in [2.24, 2.45) is 0 Å². The molecule has 0 aliphatic carbocycles. The van der Waals surface area contributed by atoms with Gasteiger partial charge >= 0.3 is 0 Å². The van der Waals surface area contributed by atoms with Gasteiger partial charge in [-0.25, -0.2) is 0 Å². The maximum atomic E-state index is 6.24. The Morgan fingerprint density at radius 2 is 0.372 bits per heavy atom. The Balaban J connectivity index is 0.000000146. The van der Waals surface area contributed by atoms with E-state index in [1.165, 1.54) is 43.6 Å². The largest absolute Gasteiger partial charge is 0.416 e. The zero-order valence-corrected chi connectivity index (χ0v) is 79.5. The van der Waals surface area contributed by atoms with E-state index in [0.29, 0.717) is 47.1 Å². The first-order valence-electron chi connectivity index (χ1n) is 49.2. The van der Waals surface area contributed by atoms with Crippen LogP contribution in [0.15, 0.2) is 527 Å². The van der Waals surface area contributed by atoms with Crippen molar-refractivity contribution in [1.29, 1.82) is 0 Å². The average molecular weight is 1900 g/mol. The third-order valence-electron chi connectivity index (χ3n) is 27.9. The van der Waals surface area contributed by atoms with Gasteiger partial charge in [-0.2, -0.15) is 0 Å². The number of hydrogen-bond acceptors (Lipinski definition) is 14. The van der Waals surface area contributed by atoms with Gasteiger partial charge in [-0.15, -0.1) is 40.8 Å². The first-order valence-corrected chi connectivity index (χ1v) is 49.2. The molecule has 0 atom stereocenters. The topological polar surface area (TPSA) is 172 Å². The molecular formula is C132H84N12O4. The lowest BCUT2D eigenvalue weighted by Crippen LogP contribution is -2.11. The van der Waals surface area contributed by atoms with E-state index in [9.17, 15) is 0 Å². The molecule has 0 bridgehead atoms. The van der Waals surface area contributed by atoms with Crippen LogP contribution >= 0.6 is 0 Å². The van der Waals surface area contributed by atoms with E-state index < -0.39 is 0 Å². The molecule has 0 spiro atoms. The number of rotatable bonds is 20. The molecule has 0 fully saturated rings. The summed E-state index contributed by atoms with van der Waals surface area (Å²) in [4.78, 5) is 4.74. The van der Waals surface area contributed by atoms with Crippen molar-refractivity contribution >= 4 is 121 Å². The molecule has 0 radical (unpaired) electrons. The molecule has 696 valence electrons. The Hall–Kier alpha value is -20.4. The molecule has 0 aliphatic heterocycles. The molecule has 0 aliphatic rings. The van der Waals surface area contributed by atoms with Crippen molar-refractivity contribution in [2.75, 3.05) is 9.80 Å². The predicted molar refractivity (Wildman–Crippen MR) is 598 cm³/mol. The lowest BCUT2D eigenvalue weighted by Gasteiger charge is -2.29. The number of para-hydroxylation sites is 6. The number of nitrogens with zero attached hydrogens (tertiary/aromatic N) is 12. The minimum Gasteiger partial charge on any atom is -0.416 e. The number of benzene rings is 22. The van der Waals surface area contributed by atoms with E-state index in [4.69, 9.17) is 17.7 Å². The lowest BCUT2D eigenvalue weighted by molar-refractivity contribution is 0.584. The van der Waals surface area contributed by atoms with Crippen molar-refractivity contribution in [3.8, 4) is 148 Å². The van der Waals surface area contributed by atoms with Gasteiger partial charge in [0.2, 0.25) is 47.1 Å². The third kappa shape index (κ3) is 15.7. The summed E-state index contributed by atoms with van der Waals surface area (Å²) in [5.74, 6) is 3.78. The maximum absolute atomic E-state index is 6.24. The molecule has 148 heavy (non-hydrogen) atoms. The summed E-state index contributed by atoms with van der Waals surface area (Å²) < 4.78 is 29.6. The van der Waals surface area contributed by atoms with Crippen molar-refractivity contribution in [3.05, 3.63) is 510 Å². The van der Waals surface area contributed by atoms with E-state index in [0.717, 1.165) is 178 Å². The van der Waals surface area contributed by atoms with Gasteiger partial charge in [-0.05, 0) is 295 Å². The van der Waals surface area contributed by atoms with Crippen LogP contribution in [0.4, 0.5) is 34.1 Å². The Labute approximate surface area is 849 Å². The van der Waals surface area contributed by atoms with Gasteiger partial charge in [0.1, 0.15) is 0 Å². The fraction of sp³-hybridized carbons (Fsp3) is 0. The number of fused-ring (bicyclic) bond motifs is 10. The molecule has 16 nitrogen and oxygen atoms in total. The first-order chi connectivity index (χ1) is 73.4. The molecule has 6 heterocycles. The van der Waals surface area contributed by atoms with Crippen LogP contribution in [0.2, 0.25) is 0 Å². The van der Waals surface area contributed by atoms with E-state index in [-0.39, 0.29) is 0 Å². The van der Waals surface area contributed by atoms with E-state index in [2.05, 4.69) is 448 Å². The normalized spacial score (nSPS) is 11.5. The van der Waals surface area contributed by atoms with Crippen LogP contribution in [0, 0.1) is 0 Å². The average Bonchev–Trinajstić information content (AvgIpc) is 1.64. The van der Waals surface area contributed by atoms with Crippen LogP contribution in [-0.2, 0) is 0 Å². The van der Waals surface area contributed by atoms with Crippen molar-refractivity contribution < 1.29 is 17.7 Å². The monoisotopic (exact) mass is 1900 g/mol. The van der Waals surface area contributed by atoms with Crippen LogP contribution in [0.1, 0.15) is 0 Å². The first kappa shape index (κ1) is 86.7. The summed E-state index contributed by atoms with van der Waals surface area (Å²) >= 11 is 0. The fourth-order valence-electron chi connectivity index (χ4n) is 21.1. The lowest BCUT2D eigenvalue weighted by atomic mass is 9.84. The molecule has 0 saturated heterocycles. The Morgan fingerprint density at radius 3 is 0.703 bits per heavy atom. The highest BCUT2D eigenvalue weighted by Gasteiger charge is 2.29. The van der Waals surface area contributed by atoms with Gasteiger partial charge in [0.05, 0.1) is 27.8 Å². The van der Waals surface area contributed by atoms with Crippen LogP contribution in [0.25, 0.3) is 234 Å². The standard InChI is InChI=1S/2C66H42N6O2/c1-4-17-45(18-5-1)63-67-69-65(73-63)47-35-31-43(32-36-47)60-54-25-10-11-26-55(54)61(44-33-37-48(38-34-44)66-70-68-64(74-66)46-19-6-2-7-20-46)62-56(60)27-16-30-59(62)71(49-21-8-3-9-22-49)50-39-41-51(42-40-50)72-57-28-14-12-23-52(57)53-24-13-15-29-58(53)72;1-4-16-45(17-5-1)63-67-69-65(73-63)47-32-28-43(29-33-47)61-55-24-10-11-25-56(55)62(44-30-34-48(35-31-44)66-70-68-64(74-66)46-18-6-2-7-19-46)58-42-52(40-41-57(58)61)71(49-20-8-3-9-21-49)50-36-38-51(39-37-50)72-59-26-14-12-22-53(59)54-23-13-15-27-60(54)72/h2*1-42H. The molecule has 0 N–H and O–H groups in total. The van der Waals surface area contributed by atoms with Gasteiger partial charge in [0.25, 0.3) is 0 Å². The number of anilines is 6. The number of hydrogen-bond donors (Lipinski definition) is 0.